The molecular formula is C42H74N2O5+2. The molecule has 0 atom stereocenters. The smallest absolute Gasteiger partial charge is 0.384 e. The van der Waals surface area contributed by atoms with E-state index in [0.29, 0.717) is 12.8 Å². The molecule has 0 unspecified atom stereocenters. The summed E-state index contributed by atoms with van der Waals surface area (Å²) in [6.07, 6.45) is 7.63. The van der Waals surface area contributed by atoms with Crippen LogP contribution >= 0.6 is 0 Å². The van der Waals surface area contributed by atoms with E-state index in [0.717, 1.165) is 61.6 Å². The summed E-state index contributed by atoms with van der Waals surface area (Å²) in [5, 5.41) is 11.6. The number of likely N-dealkylation sites (tertiary alicyclic amines) is 2. The molecule has 2 saturated heterocycles. The molecule has 0 saturated carbocycles. The zero-order valence-corrected chi connectivity index (χ0v) is 34.7. The summed E-state index contributed by atoms with van der Waals surface area (Å²) in [7, 11) is 4.04. The average Bonchev–Trinajstić information content (AvgIpc) is 2.92. The summed E-state index contributed by atoms with van der Waals surface area (Å²) < 4.78 is 0.165. The monoisotopic (exact) mass is 687 g/mol. The first-order chi connectivity index (χ1) is 21.9. The highest BCUT2D eigenvalue weighted by Crippen LogP contribution is 2.50. The molecular weight excluding hydrogens is 612 g/mol. The van der Waals surface area contributed by atoms with Gasteiger partial charge in [0.2, 0.25) is 0 Å². The van der Waals surface area contributed by atoms with Crippen LogP contribution in [0.2, 0.25) is 0 Å². The number of hydroxylamine groups is 6. The average molecular weight is 687 g/mol. The Hall–Kier alpha value is -2.12. The van der Waals surface area contributed by atoms with Crippen molar-refractivity contribution in [2.24, 2.45) is 5.41 Å². The first-order valence-electron chi connectivity index (χ1n) is 19.0. The number of carbonyl (C=O) groups excluding carboxylic acids is 2. The number of aromatic hydroxyl groups is 1. The Morgan fingerprint density at radius 2 is 1.02 bits per heavy atom. The van der Waals surface area contributed by atoms with Crippen LogP contribution in [0.4, 0.5) is 0 Å². The molecule has 0 radical (unpaired) electrons. The Morgan fingerprint density at radius 1 is 0.694 bits per heavy atom. The molecule has 0 aliphatic carbocycles. The van der Waals surface area contributed by atoms with Gasteiger partial charge < -0.3 is 5.11 Å². The van der Waals surface area contributed by atoms with Gasteiger partial charge in [0.15, 0.2) is 5.41 Å². The first-order valence-corrected chi connectivity index (χ1v) is 19.0. The number of hydrogen-bond acceptors (Lipinski definition) is 5. The number of unbranched alkanes of at least 4 members (excludes halogenated alkanes) is 1. The van der Waals surface area contributed by atoms with Crippen molar-refractivity contribution in [1.29, 1.82) is 0 Å². The summed E-state index contributed by atoms with van der Waals surface area (Å²) >= 11 is 0. The highest BCUT2D eigenvalue weighted by Gasteiger charge is 2.64. The third kappa shape index (κ3) is 7.32. The van der Waals surface area contributed by atoms with Gasteiger partial charge in [-0.15, -0.1) is 9.29 Å². The summed E-state index contributed by atoms with van der Waals surface area (Å²) in [5.74, 6) is -0.755. The maximum atomic E-state index is 15.4. The maximum absolute atomic E-state index is 15.4. The van der Waals surface area contributed by atoms with E-state index in [-0.39, 0.29) is 54.4 Å². The molecule has 0 bridgehead atoms. The molecule has 0 amide bonds. The topological polar surface area (TPSA) is 72.8 Å². The van der Waals surface area contributed by atoms with E-state index in [1.54, 1.807) is 0 Å². The van der Waals surface area contributed by atoms with Gasteiger partial charge in [0.25, 0.3) is 0 Å². The van der Waals surface area contributed by atoms with Crippen LogP contribution in [0.15, 0.2) is 12.1 Å². The second-order valence-electron chi connectivity index (χ2n) is 20.5. The van der Waals surface area contributed by atoms with Crippen molar-refractivity contribution in [3.05, 3.63) is 28.8 Å². The summed E-state index contributed by atoms with van der Waals surface area (Å²) in [5.41, 5.74) is -1.33. The zero-order chi connectivity index (χ0) is 37.9. The fraction of sp³-hybridized carbons (Fsp3) is 0.810. The molecule has 280 valence electrons. The molecule has 7 nitrogen and oxygen atoms in total. The molecule has 2 heterocycles. The van der Waals surface area contributed by atoms with Gasteiger partial charge in [-0.1, -0.05) is 73.4 Å². The van der Waals surface area contributed by atoms with E-state index in [2.05, 4.69) is 104 Å². The molecule has 49 heavy (non-hydrogen) atoms. The van der Waals surface area contributed by atoms with E-state index in [9.17, 15) is 5.11 Å². The normalized spacial score (nSPS) is 22.6. The van der Waals surface area contributed by atoms with Gasteiger partial charge in [0, 0.05) is 25.7 Å². The molecule has 0 spiro atoms. The van der Waals surface area contributed by atoms with Gasteiger partial charge in [-0.05, 0) is 109 Å². The van der Waals surface area contributed by atoms with Crippen molar-refractivity contribution in [2.75, 3.05) is 14.1 Å². The van der Waals surface area contributed by atoms with Gasteiger partial charge >= 0.3 is 11.9 Å². The van der Waals surface area contributed by atoms with Crippen molar-refractivity contribution in [3.8, 4) is 5.75 Å². The van der Waals surface area contributed by atoms with Crippen LogP contribution < -0.4 is 0 Å². The highest BCUT2D eigenvalue weighted by molar-refractivity contribution is 6.00. The van der Waals surface area contributed by atoms with Crippen molar-refractivity contribution < 1.29 is 33.7 Å². The van der Waals surface area contributed by atoms with E-state index in [4.69, 9.17) is 9.68 Å². The third-order valence-corrected chi connectivity index (χ3v) is 13.3. The number of phenolic OH excluding ortho intramolecular Hbond substituents is 1. The van der Waals surface area contributed by atoms with Crippen molar-refractivity contribution in [3.63, 3.8) is 0 Å². The van der Waals surface area contributed by atoms with Crippen LogP contribution in [0.3, 0.4) is 0 Å². The SMILES string of the molecule is CCCCC(Cc1cc(C(C)(C)C)c(O)c(C(C)(C)C)c1)(C(=O)O[N+]1(C)C(C)(C)CCCC1(C)C)C(=O)O[N+]1(C)C(C)(C)CCCC1(C)C. The van der Waals surface area contributed by atoms with Crippen molar-refractivity contribution in [2.45, 2.75) is 201 Å². The molecule has 2 aliphatic rings. The van der Waals surface area contributed by atoms with Gasteiger partial charge in [0.1, 0.15) is 42.0 Å². The van der Waals surface area contributed by atoms with Crippen LogP contribution in [0, 0.1) is 5.41 Å². The van der Waals surface area contributed by atoms with E-state index >= 15 is 9.59 Å². The van der Waals surface area contributed by atoms with Crippen molar-refractivity contribution in [1.82, 2.24) is 0 Å². The lowest BCUT2D eigenvalue weighted by atomic mass is 9.73. The lowest BCUT2D eigenvalue weighted by Crippen LogP contribution is -2.73. The number of phenols is 1. The van der Waals surface area contributed by atoms with Crippen molar-refractivity contribution >= 4 is 11.9 Å². The minimum absolute atomic E-state index is 0.0825. The predicted octanol–water partition coefficient (Wildman–Crippen LogP) is 10.00. The standard InChI is InChI=1S/C42H73N2O5/c1-18-19-26-42(34(46)48-43(16)38(8,9)22-20-23-39(43,10)11,35(47)49-44(17)40(12,13)24-21-25-41(44,14)15)29-30-27-31(36(2,3)4)33(45)32(28-30)37(5,6)7/h27-28H,18-26,29H2,1-17H3/q+1/p+1. The Bertz CT molecular complexity index is 1260. The maximum Gasteiger partial charge on any atom is 0.384 e. The van der Waals surface area contributed by atoms with Crippen LogP contribution in [0.5, 0.6) is 5.75 Å². The molecule has 0 aromatic heterocycles. The molecule has 2 aliphatic heterocycles. The molecule has 1 aromatic rings. The van der Waals surface area contributed by atoms with Crippen LogP contribution in [-0.4, -0.2) is 62.6 Å². The highest BCUT2D eigenvalue weighted by atomic mass is 16.8. The molecule has 1 aromatic carbocycles. The van der Waals surface area contributed by atoms with E-state index in [1.807, 2.05) is 26.2 Å². The lowest BCUT2D eigenvalue weighted by Gasteiger charge is -2.57. The summed E-state index contributed by atoms with van der Waals surface area (Å²) in [6, 6.07) is 4.00. The summed E-state index contributed by atoms with van der Waals surface area (Å²) in [4.78, 5) is 44.4. The number of carbonyl (C=O) groups is 2. The molecule has 1 N–H and O–H groups in total. The Morgan fingerprint density at radius 3 is 1.31 bits per heavy atom. The Labute approximate surface area is 300 Å². The largest absolute Gasteiger partial charge is 0.507 e. The van der Waals surface area contributed by atoms with Gasteiger partial charge in [-0.2, -0.15) is 0 Å². The van der Waals surface area contributed by atoms with Gasteiger partial charge in [-0.25, -0.2) is 9.59 Å². The molecule has 2 fully saturated rings. The lowest BCUT2D eigenvalue weighted by molar-refractivity contribution is -1.15. The number of piperidine rings is 2. The van der Waals surface area contributed by atoms with E-state index in [1.165, 1.54) is 0 Å². The Kier molecular flexibility index (Phi) is 11.1. The molecule has 3 rings (SSSR count). The van der Waals surface area contributed by atoms with E-state index < -0.39 is 17.4 Å². The van der Waals surface area contributed by atoms with Crippen LogP contribution in [0.25, 0.3) is 0 Å². The van der Waals surface area contributed by atoms with Gasteiger partial charge in [0.05, 0.1) is 0 Å². The molecule has 7 heteroatoms. The second-order valence-corrected chi connectivity index (χ2v) is 20.5. The minimum Gasteiger partial charge on any atom is -0.507 e. The minimum atomic E-state index is -1.60. The van der Waals surface area contributed by atoms with Crippen LogP contribution in [-0.2, 0) is 36.5 Å². The first kappa shape index (κ1) is 41.3. The number of quaternary nitrogens is 2. The third-order valence-electron chi connectivity index (χ3n) is 13.3. The summed E-state index contributed by atoms with van der Waals surface area (Å²) in [6.45, 7) is 32.0. The predicted molar refractivity (Wildman–Crippen MR) is 200 cm³/mol. The Balaban J connectivity index is 2.36. The number of nitrogens with zero attached hydrogens (tertiary/aromatic N) is 2. The number of hydrogen-bond donors (Lipinski definition) is 1. The fourth-order valence-corrected chi connectivity index (χ4v) is 8.69. The van der Waals surface area contributed by atoms with Crippen LogP contribution in [0.1, 0.15) is 178 Å². The number of benzene rings is 1. The number of rotatable bonds is 9. The second kappa shape index (κ2) is 13.1. The zero-order valence-electron chi connectivity index (χ0n) is 34.7. The van der Waals surface area contributed by atoms with Gasteiger partial charge in [-0.3, -0.25) is 9.68 Å². The fourth-order valence-electron chi connectivity index (χ4n) is 8.69. The quantitative estimate of drug-likeness (QED) is 0.207.